The van der Waals surface area contributed by atoms with Crippen LogP contribution in [0, 0.1) is 17.5 Å². The molecule has 0 aliphatic carbocycles. The molecule has 5 nitrogen and oxygen atoms in total. The van der Waals surface area contributed by atoms with E-state index < -0.39 is 23.4 Å². The molecule has 128 valence electrons. The number of hydrogen-bond acceptors (Lipinski definition) is 4. The number of ether oxygens (including phenoxy) is 1. The Balaban J connectivity index is 2.19. The number of nitrogens with zero attached hydrogens (tertiary/aromatic N) is 3. The van der Waals surface area contributed by atoms with Gasteiger partial charge in [0, 0.05) is 24.4 Å². The van der Waals surface area contributed by atoms with E-state index in [-0.39, 0.29) is 18.0 Å². The predicted octanol–water partition coefficient (Wildman–Crippen LogP) is 3.53. The Hall–Kier alpha value is -3.16. The molecule has 0 saturated heterocycles. The lowest BCUT2D eigenvalue weighted by Gasteiger charge is -2.08. The van der Waals surface area contributed by atoms with E-state index >= 15 is 0 Å². The van der Waals surface area contributed by atoms with Gasteiger partial charge in [-0.1, -0.05) is 6.07 Å². The van der Waals surface area contributed by atoms with E-state index in [9.17, 15) is 18.0 Å². The summed E-state index contributed by atoms with van der Waals surface area (Å²) < 4.78 is 46.4. The normalized spacial score (nSPS) is 10.7. The highest BCUT2D eigenvalue weighted by Gasteiger charge is 2.20. The molecule has 2 aromatic heterocycles. The smallest absolute Gasteiger partial charge is 0.358 e. The third kappa shape index (κ3) is 3.23. The molecule has 8 heteroatoms. The summed E-state index contributed by atoms with van der Waals surface area (Å²) in [7, 11) is 0. The van der Waals surface area contributed by atoms with E-state index in [1.54, 1.807) is 25.1 Å². The molecular weight excluding hydrogens is 335 g/mol. The molecule has 3 aromatic rings. The lowest BCUT2D eigenvalue weighted by atomic mass is 10.2. The van der Waals surface area contributed by atoms with Gasteiger partial charge < -0.3 is 4.74 Å². The van der Waals surface area contributed by atoms with Crippen molar-refractivity contribution in [3.63, 3.8) is 0 Å². The molecule has 0 amide bonds. The summed E-state index contributed by atoms with van der Waals surface area (Å²) in [5.74, 6) is -5.01. The third-order valence-corrected chi connectivity index (χ3v) is 3.33. The number of carbonyl (C=O) groups excluding carboxylic acids is 1. The van der Waals surface area contributed by atoms with Gasteiger partial charge in [0.2, 0.25) is 0 Å². The first-order valence-corrected chi connectivity index (χ1v) is 7.34. The molecule has 2 heterocycles. The summed E-state index contributed by atoms with van der Waals surface area (Å²) in [5, 5.41) is 4.03. The lowest BCUT2D eigenvalue weighted by Crippen LogP contribution is -2.07. The van der Waals surface area contributed by atoms with Crippen LogP contribution >= 0.6 is 0 Å². The average Bonchev–Trinajstić information content (AvgIpc) is 3.06. The maximum absolute atomic E-state index is 13.6. The standard InChI is InChI=1S/C17H12F3N3O2/c1-2-25-17(24)14-9-15(13-5-3-4-6-21-13)23(22-14)10-7-11(18)16(20)12(19)8-10/h3-9H,2H2,1H3. The molecule has 0 aliphatic rings. The van der Waals surface area contributed by atoms with Gasteiger partial charge >= 0.3 is 5.97 Å². The summed E-state index contributed by atoms with van der Waals surface area (Å²) in [5.41, 5.74) is 0.560. The molecule has 0 unspecified atom stereocenters. The van der Waals surface area contributed by atoms with Crippen LogP contribution in [-0.4, -0.2) is 27.3 Å². The minimum atomic E-state index is -1.58. The van der Waals surface area contributed by atoms with Crippen LogP contribution in [0.15, 0.2) is 42.6 Å². The number of pyridine rings is 1. The molecule has 0 saturated carbocycles. The summed E-state index contributed by atoms with van der Waals surface area (Å²) >= 11 is 0. The maximum Gasteiger partial charge on any atom is 0.358 e. The number of benzene rings is 1. The summed E-state index contributed by atoms with van der Waals surface area (Å²) in [6.45, 7) is 1.78. The van der Waals surface area contributed by atoms with Crippen molar-refractivity contribution < 1.29 is 22.7 Å². The summed E-state index contributed by atoms with van der Waals surface area (Å²) in [6, 6.07) is 7.99. The fraction of sp³-hybridized carbons (Fsp3) is 0.118. The number of rotatable bonds is 4. The van der Waals surface area contributed by atoms with Crippen molar-refractivity contribution in [2.45, 2.75) is 6.92 Å². The Kier molecular flexibility index (Phi) is 4.51. The number of aromatic nitrogens is 3. The van der Waals surface area contributed by atoms with Crippen LogP contribution in [0.25, 0.3) is 17.1 Å². The van der Waals surface area contributed by atoms with Gasteiger partial charge in [-0.15, -0.1) is 0 Å². The Bertz CT molecular complexity index is 903. The van der Waals surface area contributed by atoms with Gasteiger partial charge in [0.25, 0.3) is 0 Å². The SMILES string of the molecule is CCOC(=O)c1cc(-c2ccccn2)n(-c2cc(F)c(F)c(F)c2)n1. The molecule has 0 N–H and O–H groups in total. The number of esters is 1. The topological polar surface area (TPSA) is 57.0 Å². The second-order valence-electron chi connectivity index (χ2n) is 4.99. The highest BCUT2D eigenvalue weighted by molar-refractivity contribution is 5.88. The third-order valence-electron chi connectivity index (χ3n) is 3.33. The van der Waals surface area contributed by atoms with Crippen LogP contribution in [0.5, 0.6) is 0 Å². The van der Waals surface area contributed by atoms with E-state index in [0.717, 1.165) is 16.8 Å². The Morgan fingerprint density at radius 1 is 1.16 bits per heavy atom. The van der Waals surface area contributed by atoms with E-state index in [4.69, 9.17) is 4.74 Å². The first-order chi connectivity index (χ1) is 12.0. The Morgan fingerprint density at radius 2 is 1.88 bits per heavy atom. The highest BCUT2D eigenvalue weighted by Crippen LogP contribution is 2.25. The number of halogens is 3. The zero-order valence-electron chi connectivity index (χ0n) is 13.0. The quantitative estimate of drug-likeness (QED) is 0.535. The van der Waals surface area contributed by atoms with Crippen LogP contribution in [-0.2, 0) is 4.74 Å². The second kappa shape index (κ2) is 6.76. The van der Waals surface area contributed by atoms with Crippen molar-refractivity contribution in [3.8, 4) is 17.1 Å². The van der Waals surface area contributed by atoms with Crippen molar-refractivity contribution in [2.75, 3.05) is 6.61 Å². The summed E-state index contributed by atoms with van der Waals surface area (Å²) in [4.78, 5) is 16.1. The van der Waals surface area contributed by atoms with E-state index in [1.165, 1.54) is 12.3 Å². The van der Waals surface area contributed by atoms with E-state index in [0.29, 0.717) is 11.4 Å². The molecule has 0 fully saturated rings. The maximum atomic E-state index is 13.6. The van der Waals surface area contributed by atoms with Crippen molar-refractivity contribution in [2.24, 2.45) is 0 Å². The minimum Gasteiger partial charge on any atom is -0.461 e. The van der Waals surface area contributed by atoms with Gasteiger partial charge in [0.1, 0.15) is 0 Å². The first kappa shape index (κ1) is 16.7. The van der Waals surface area contributed by atoms with Crippen LogP contribution in [0.3, 0.4) is 0 Å². The molecule has 0 spiro atoms. The van der Waals surface area contributed by atoms with E-state index in [2.05, 4.69) is 10.1 Å². The first-order valence-electron chi connectivity index (χ1n) is 7.34. The zero-order chi connectivity index (χ0) is 18.0. The fourth-order valence-corrected chi connectivity index (χ4v) is 2.24. The zero-order valence-corrected chi connectivity index (χ0v) is 13.0. The largest absolute Gasteiger partial charge is 0.461 e. The van der Waals surface area contributed by atoms with Crippen LogP contribution < -0.4 is 0 Å². The van der Waals surface area contributed by atoms with Gasteiger partial charge in [-0.25, -0.2) is 22.6 Å². The molecule has 1 aromatic carbocycles. The minimum absolute atomic E-state index is 0.0624. The number of carbonyl (C=O) groups is 1. The van der Waals surface area contributed by atoms with E-state index in [1.807, 2.05) is 0 Å². The average molecular weight is 347 g/mol. The van der Waals surface area contributed by atoms with Crippen molar-refractivity contribution >= 4 is 5.97 Å². The van der Waals surface area contributed by atoms with Crippen LogP contribution in [0.2, 0.25) is 0 Å². The van der Waals surface area contributed by atoms with Crippen molar-refractivity contribution in [3.05, 3.63) is 65.7 Å². The van der Waals surface area contributed by atoms with Gasteiger partial charge in [-0.05, 0) is 19.1 Å². The van der Waals surface area contributed by atoms with Crippen molar-refractivity contribution in [1.29, 1.82) is 0 Å². The monoisotopic (exact) mass is 347 g/mol. The van der Waals surface area contributed by atoms with Crippen LogP contribution in [0.1, 0.15) is 17.4 Å². The molecule has 0 atom stereocenters. The number of hydrogen-bond donors (Lipinski definition) is 0. The lowest BCUT2D eigenvalue weighted by molar-refractivity contribution is 0.0519. The highest BCUT2D eigenvalue weighted by atomic mass is 19.2. The predicted molar refractivity (Wildman–Crippen MR) is 82.6 cm³/mol. The molecule has 3 rings (SSSR count). The van der Waals surface area contributed by atoms with Gasteiger partial charge in [-0.3, -0.25) is 4.98 Å². The van der Waals surface area contributed by atoms with Gasteiger partial charge in [0.15, 0.2) is 23.1 Å². The fourth-order valence-electron chi connectivity index (χ4n) is 2.24. The van der Waals surface area contributed by atoms with Crippen LogP contribution in [0.4, 0.5) is 13.2 Å². The molecule has 0 bridgehead atoms. The Morgan fingerprint density at radius 3 is 2.48 bits per heavy atom. The molecule has 0 radical (unpaired) electrons. The molecule has 0 aliphatic heterocycles. The molecular formula is C17H12F3N3O2. The van der Waals surface area contributed by atoms with Crippen molar-refractivity contribution in [1.82, 2.24) is 14.8 Å². The van der Waals surface area contributed by atoms with Gasteiger partial charge in [0.05, 0.1) is 23.7 Å². The van der Waals surface area contributed by atoms with Gasteiger partial charge in [-0.2, -0.15) is 5.10 Å². The Labute approximate surface area is 140 Å². The second-order valence-corrected chi connectivity index (χ2v) is 4.99. The summed E-state index contributed by atoms with van der Waals surface area (Å²) in [6.07, 6.45) is 1.52. The molecule has 25 heavy (non-hydrogen) atoms.